The van der Waals surface area contributed by atoms with Crippen molar-refractivity contribution in [3.8, 4) is 11.3 Å². The average Bonchev–Trinajstić information content (AvgIpc) is 3.24. The molecule has 190 valence electrons. The predicted octanol–water partition coefficient (Wildman–Crippen LogP) is 7.58. The second kappa shape index (κ2) is 10.2. The van der Waals surface area contributed by atoms with Crippen LogP contribution in [0.3, 0.4) is 0 Å². The molecule has 1 heterocycles. The van der Waals surface area contributed by atoms with Crippen molar-refractivity contribution >= 4 is 23.5 Å². The van der Waals surface area contributed by atoms with Crippen LogP contribution in [-0.4, -0.2) is 20.8 Å². The molecular formula is C26H16ClF6N3O. The van der Waals surface area contributed by atoms with Gasteiger partial charge in [0, 0.05) is 11.1 Å². The van der Waals surface area contributed by atoms with Crippen LogP contribution in [0.2, 0.25) is 5.02 Å². The van der Waals surface area contributed by atoms with Gasteiger partial charge in [-0.25, -0.2) is 4.68 Å². The van der Waals surface area contributed by atoms with Gasteiger partial charge in [-0.2, -0.15) is 26.3 Å². The van der Waals surface area contributed by atoms with Crippen molar-refractivity contribution in [3.05, 3.63) is 112 Å². The quantitative estimate of drug-likeness (QED) is 0.145. The lowest BCUT2D eigenvalue weighted by molar-refractivity contribution is -0.143. The molecule has 0 aliphatic carbocycles. The number of hydrogen-bond donors (Lipinski definition) is 0. The van der Waals surface area contributed by atoms with Crippen molar-refractivity contribution in [1.82, 2.24) is 15.0 Å². The number of hydrogen-bond acceptors (Lipinski definition) is 3. The minimum atomic E-state index is -4.98. The zero-order valence-corrected chi connectivity index (χ0v) is 19.4. The topological polar surface area (TPSA) is 47.8 Å². The van der Waals surface area contributed by atoms with E-state index >= 15 is 0 Å². The van der Waals surface area contributed by atoms with E-state index < -0.39 is 35.8 Å². The lowest BCUT2D eigenvalue weighted by atomic mass is 10.0. The standard InChI is InChI=1S/C26H16ClF6N3O/c27-21-9-5-4-8-20(21)23(37)11-10-22-24(17-6-2-1-3-7-17)36(35-34-22)15-16-12-18(25(28,29)30)14-19(13-16)26(31,32)33/h1-14H,15H2. The molecule has 0 unspecified atom stereocenters. The van der Waals surface area contributed by atoms with Gasteiger partial charge in [0.25, 0.3) is 0 Å². The van der Waals surface area contributed by atoms with Gasteiger partial charge in [0.05, 0.1) is 28.4 Å². The van der Waals surface area contributed by atoms with Crippen molar-refractivity contribution in [2.75, 3.05) is 0 Å². The van der Waals surface area contributed by atoms with Crippen LogP contribution < -0.4 is 0 Å². The predicted molar refractivity (Wildman–Crippen MR) is 126 cm³/mol. The summed E-state index contributed by atoms with van der Waals surface area (Å²) in [4.78, 5) is 12.6. The summed E-state index contributed by atoms with van der Waals surface area (Å²) in [5.41, 5.74) is -1.84. The number of rotatable bonds is 6. The largest absolute Gasteiger partial charge is 0.416 e. The minimum Gasteiger partial charge on any atom is -0.289 e. The van der Waals surface area contributed by atoms with E-state index in [0.717, 1.165) is 0 Å². The molecule has 0 bridgehead atoms. The summed E-state index contributed by atoms with van der Waals surface area (Å²) >= 11 is 6.07. The Morgan fingerprint density at radius 1 is 0.865 bits per heavy atom. The minimum absolute atomic E-state index is 0.0669. The van der Waals surface area contributed by atoms with Gasteiger partial charge in [0.2, 0.25) is 0 Å². The number of ketones is 1. The van der Waals surface area contributed by atoms with Gasteiger partial charge in [0.15, 0.2) is 5.78 Å². The SMILES string of the molecule is O=C(C=Cc1nnn(Cc2cc(C(F)(F)F)cc(C(F)(F)F)c2)c1-c1ccccc1)c1ccccc1Cl. The molecule has 3 aromatic carbocycles. The number of benzene rings is 3. The Morgan fingerprint density at radius 2 is 1.46 bits per heavy atom. The van der Waals surface area contributed by atoms with Gasteiger partial charge in [-0.05, 0) is 48.0 Å². The van der Waals surface area contributed by atoms with Crippen molar-refractivity contribution in [2.24, 2.45) is 0 Å². The highest BCUT2D eigenvalue weighted by Crippen LogP contribution is 2.37. The van der Waals surface area contributed by atoms with E-state index in [1.807, 2.05) is 0 Å². The van der Waals surface area contributed by atoms with Gasteiger partial charge in [-0.15, -0.1) is 5.10 Å². The van der Waals surface area contributed by atoms with Crippen LogP contribution in [0.4, 0.5) is 26.3 Å². The lowest BCUT2D eigenvalue weighted by Crippen LogP contribution is -2.13. The van der Waals surface area contributed by atoms with Crippen LogP contribution in [0.1, 0.15) is 32.7 Å². The Bertz CT molecular complexity index is 1430. The molecule has 0 aliphatic heterocycles. The number of allylic oxidation sites excluding steroid dienone is 1. The first kappa shape index (κ1) is 26.2. The molecule has 4 rings (SSSR count). The second-order valence-electron chi connectivity index (χ2n) is 7.94. The average molecular weight is 536 g/mol. The van der Waals surface area contributed by atoms with E-state index in [1.54, 1.807) is 48.5 Å². The van der Waals surface area contributed by atoms with Crippen molar-refractivity contribution < 1.29 is 31.1 Å². The maximum absolute atomic E-state index is 13.3. The molecule has 0 N–H and O–H groups in total. The van der Waals surface area contributed by atoms with Crippen LogP contribution in [0.25, 0.3) is 17.3 Å². The summed E-state index contributed by atoms with van der Waals surface area (Å²) in [5, 5.41) is 8.22. The maximum atomic E-state index is 13.3. The first-order valence-electron chi connectivity index (χ1n) is 10.7. The van der Waals surface area contributed by atoms with Crippen LogP contribution in [0, 0.1) is 0 Å². The van der Waals surface area contributed by atoms with Gasteiger partial charge in [-0.3, -0.25) is 4.79 Å². The van der Waals surface area contributed by atoms with Crippen LogP contribution in [0.15, 0.2) is 78.9 Å². The fourth-order valence-corrected chi connectivity index (χ4v) is 3.86. The molecule has 0 amide bonds. The monoisotopic (exact) mass is 535 g/mol. The molecule has 37 heavy (non-hydrogen) atoms. The number of alkyl halides is 6. The molecule has 0 spiro atoms. The smallest absolute Gasteiger partial charge is 0.289 e. The van der Waals surface area contributed by atoms with Crippen LogP contribution >= 0.6 is 11.6 Å². The molecule has 4 aromatic rings. The first-order chi connectivity index (χ1) is 17.4. The van der Waals surface area contributed by atoms with E-state index in [-0.39, 0.29) is 27.9 Å². The third-order valence-corrected chi connectivity index (χ3v) is 5.65. The normalized spacial score (nSPS) is 12.3. The molecule has 0 radical (unpaired) electrons. The summed E-state index contributed by atoms with van der Waals surface area (Å²) < 4.78 is 81.1. The first-order valence-corrected chi connectivity index (χ1v) is 11.1. The Kier molecular flexibility index (Phi) is 7.22. The molecule has 0 fully saturated rings. The Balaban J connectivity index is 1.76. The summed E-state index contributed by atoms with van der Waals surface area (Å²) in [6.45, 7) is -0.434. The van der Waals surface area contributed by atoms with Crippen molar-refractivity contribution in [1.29, 1.82) is 0 Å². The third kappa shape index (κ3) is 6.08. The summed E-state index contributed by atoms with van der Waals surface area (Å²) in [6.07, 6.45) is -7.37. The van der Waals surface area contributed by atoms with Gasteiger partial charge in [0.1, 0.15) is 5.69 Å². The highest BCUT2D eigenvalue weighted by molar-refractivity contribution is 6.34. The van der Waals surface area contributed by atoms with Crippen LogP contribution in [-0.2, 0) is 18.9 Å². The Morgan fingerprint density at radius 3 is 2.05 bits per heavy atom. The van der Waals surface area contributed by atoms with Gasteiger partial charge >= 0.3 is 12.4 Å². The lowest BCUT2D eigenvalue weighted by Gasteiger charge is -2.15. The highest BCUT2D eigenvalue weighted by atomic mass is 35.5. The summed E-state index contributed by atoms with van der Waals surface area (Å²) in [7, 11) is 0. The van der Waals surface area contributed by atoms with E-state index in [9.17, 15) is 31.1 Å². The molecule has 0 saturated heterocycles. The summed E-state index contributed by atoms with van der Waals surface area (Å²) in [6, 6.07) is 16.2. The van der Waals surface area contributed by atoms with Gasteiger partial charge < -0.3 is 0 Å². The molecule has 1 aromatic heterocycles. The van der Waals surface area contributed by atoms with E-state index in [1.165, 1.54) is 22.9 Å². The zero-order chi connectivity index (χ0) is 26.8. The fraction of sp³-hybridized carbons (Fsp3) is 0.115. The van der Waals surface area contributed by atoms with Gasteiger partial charge in [-0.1, -0.05) is 59.3 Å². The Labute approximate surface area is 211 Å². The number of carbonyl (C=O) groups excluding carboxylic acids is 1. The van der Waals surface area contributed by atoms with E-state index in [2.05, 4.69) is 10.3 Å². The molecule has 11 heteroatoms. The van der Waals surface area contributed by atoms with Crippen molar-refractivity contribution in [3.63, 3.8) is 0 Å². The maximum Gasteiger partial charge on any atom is 0.416 e. The molecule has 0 saturated carbocycles. The summed E-state index contributed by atoms with van der Waals surface area (Å²) in [5.74, 6) is -0.424. The third-order valence-electron chi connectivity index (χ3n) is 5.32. The molecule has 4 nitrogen and oxygen atoms in total. The second-order valence-corrected chi connectivity index (χ2v) is 8.35. The van der Waals surface area contributed by atoms with Crippen molar-refractivity contribution in [2.45, 2.75) is 18.9 Å². The Hall–Kier alpha value is -3.92. The number of aromatic nitrogens is 3. The van der Waals surface area contributed by atoms with E-state index in [4.69, 9.17) is 11.6 Å². The van der Waals surface area contributed by atoms with E-state index in [0.29, 0.717) is 23.4 Å². The van der Waals surface area contributed by atoms with Crippen LogP contribution in [0.5, 0.6) is 0 Å². The molecular weight excluding hydrogens is 520 g/mol. The zero-order valence-electron chi connectivity index (χ0n) is 18.7. The fourth-order valence-electron chi connectivity index (χ4n) is 3.63. The number of carbonyl (C=O) groups is 1. The molecule has 0 aliphatic rings. The molecule has 0 atom stereocenters. The number of nitrogens with zero attached hydrogens (tertiary/aromatic N) is 3. The highest BCUT2D eigenvalue weighted by Gasteiger charge is 2.37. The number of halogens is 7.